The van der Waals surface area contributed by atoms with Crippen LogP contribution in [0.25, 0.3) is 0 Å². The molecule has 0 saturated heterocycles. The number of halogens is 4. The van der Waals surface area contributed by atoms with Crippen molar-refractivity contribution in [3.8, 4) is 0 Å². The Labute approximate surface area is 129 Å². The average molecular weight is 356 g/mol. The van der Waals surface area contributed by atoms with E-state index in [1.807, 2.05) is 18.2 Å². The summed E-state index contributed by atoms with van der Waals surface area (Å²) < 4.78 is 38.3. The summed E-state index contributed by atoms with van der Waals surface area (Å²) in [4.78, 5) is 0. The van der Waals surface area contributed by atoms with E-state index >= 15 is 0 Å². The van der Waals surface area contributed by atoms with E-state index in [0.717, 1.165) is 18.6 Å². The quantitative estimate of drug-likeness (QED) is 0.773. The molecule has 1 aliphatic carbocycles. The second kappa shape index (κ2) is 5.37. The second-order valence-corrected chi connectivity index (χ2v) is 6.05. The first-order chi connectivity index (χ1) is 9.95. The molecule has 0 amide bonds. The van der Waals surface area contributed by atoms with Crippen molar-refractivity contribution in [2.24, 2.45) is 0 Å². The maximum absolute atomic E-state index is 12.6. The lowest BCUT2D eigenvalue weighted by Crippen LogP contribution is -2.08. The third kappa shape index (κ3) is 3.23. The third-order valence-electron chi connectivity index (χ3n) is 3.66. The fourth-order valence-electron chi connectivity index (χ4n) is 2.43. The van der Waals surface area contributed by atoms with Gasteiger partial charge in [-0.25, -0.2) is 0 Å². The average Bonchev–Trinajstić information content (AvgIpc) is 3.20. The van der Waals surface area contributed by atoms with Crippen LogP contribution in [0.4, 0.5) is 18.9 Å². The highest BCUT2D eigenvalue weighted by atomic mass is 79.9. The summed E-state index contributed by atoms with van der Waals surface area (Å²) in [5, 5.41) is 3.30. The van der Waals surface area contributed by atoms with Crippen LogP contribution in [0.3, 0.4) is 0 Å². The summed E-state index contributed by atoms with van der Waals surface area (Å²) in [6.45, 7) is 0. The molecule has 0 aliphatic heterocycles. The molecule has 0 bridgehead atoms. The summed E-state index contributed by atoms with van der Waals surface area (Å²) >= 11 is 3.21. The van der Waals surface area contributed by atoms with Gasteiger partial charge in [0.15, 0.2) is 0 Å². The summed E-state index contributed by atoms with van der Waals surface area (Å²) in [5.74, 6) is 0.431. The fraction of sp³-hybridized carbons (Fsp3) is 0.250. The Morgan fingerprint density at radius 1 is 1.05 bits per heavy atom. The van der Waals surface area contributed by atoms with Gasteiger partial charge >= 0.3 is 6.18 Å². The molecule has 5 heteroatoms. The van der Waals surface area contributed by atoms with Gasteiger partial charge in [-0.15, -0.1) is 0 Å². The van der Waals surface area contributed by atoms with Crippen molar-refractivity contribution in [3.63, 3.8) is 0 Å². The zero-order chi connectivity index (χ0) is 15.0. The Bertz CT molecular complexity index is 640. The molecule has 1 nitrogen and oxygen atoms in total. The molecule has 2 atom stereocenters. The minimum absolute atomic E-state index is 0.278. The molecule has 3 rings (SSSR count). The van der Waals surface area contributed by atoms with Crippen LogP contribution in [0.15, 0.2) is 53.0 Å². The predicted molar refractivity (Wildman–Crippen MR) is 80.4 cm³/mol. The van der Waals surface area contributed by atoms with Crippen molar-refractivity contribution in [2.45, 2.75) is 24.6 Å². The second-order valence-electron chi connectivity index (χ2n) is 5.20. The Morgan fingerprint density at radius 2 is 1.76 bits per heavy atom. The van der Waals surface area contributed by atoms with Crippen LogP contribution in [0.2, 0.25) is 0 Å². The highest BCUT2D eigenvalue weighted by Crippen LogP contribution is 2.44. The number of nitrogens with one attached hydrogen (secondary N) is 1. The molecular formula is C16H13BrF3N. The molecule has 0 radical (unpaired) electrons. The first-order valence-electron chi connectivity index (χ1n) is 6.63. The normalized spacial score (nSPS) is 21.1. The molecule has 0 aromatic heterocycles. The number of hydrogen-bond donors (Lipinski definition) is 1. The van der Waals surface area contributed by atoms with Gasteiger partial charge in [0.2, 0.25) is 0 Å². The van der Waals surface area contributed by atoms with Crippen LogP contribution in [0.1, 0.15) is 23.5 Å². The van der Waals surface area contributed by atoms with Crippen molar-refractivity contribution in [1.82, 2.24) is 0 Å². The van der Waals surface area contributed by atoms with Gasteiger partial charge < -0.3 is 5.32 Å². The van der Waals surface area contributed by atoms with Crippen LogP contribution in [0.5, 0.6) is 0 Å². The smallest absolute Gasteiger partial charge is 0.381 e. The standard InChI is InChI=1S/C16H13BrF3N/c17-13-8-11(16(18,19)20)6-7-14(13)21-15-9-12(15)10-4-2-1-3-5-10/h1-8,12,15,21H,9H2. The molecule has 1 N–H and O–H groups in total. The molecule has 1 fully saturated rings. The SMILES string of the molecule is FC(F)(F)c1ccc(NC2CC2c2ccccc2)c(Br)c1. The molecule has 110 valence electrons. The molecule has 2 aromatic carbocycles. The minimum Gasteiger partial charge on any atom is -0.381 e. The Morgan fingerprint density at radius 3 is 2.38 bits per heavy atom. The molecule has 2 unspecified atom stereocenters. The van der Waals surface area contributed by atoms with Gasteiger partial charge in [0.25, 0.3) is 0 Å². The molecule has 0 heterocycles. The van der Waals surface area contributed by atoms with Crippen LogP contribution < -0.4 is 5.32 Å². The topological polar surface area (TPSA) is 12.0 Å². The van der Waals surface area contributed by atoms with E-state index in [4.69, 9.17) is 0 Å². The monoisotopic (exact) mass is 355 g/mol. The van der Waals surface area contributed by atoms with Gasteiger partial charge in [-0.2, -0.15) is 13.2 Å². The van der Waals surface area contributed by atoms with Gasteiger partial charge in [0, 0.05) is 22.1 Å². The van der Waals surface area contributed by atoms with Crippen LogP contribution >= 0.6 is 15.9 Å². The Hall–Kier alpha value is -1.49. The van der Waals surface area contributed by atoms with E-state index < -0.39 is 11.7 Å². The van der Waals surface area contributed by atoms with E-state index in [1.54, 1.807) is 0 Å². The summed E-state index contributed by atoms with van der Waals surface area (Å²) in [6, 6.07) is 14.1. The maximum Gasteiger partial charge on any atom is 0.416 e. The van der Waals surface area contributed by atoms with Crippen molar-refractivity contribution in [1.29, 1.82) is 0 Å². The van der Waals surface area contributed by atoms with E-state index in [2.05, 4.69) is 33.4 Å². The minimum atomic E-state index is -4.31. The van der Waals surface area contributed by atoms with Crippen LogP contribution in [-0.4, -0.2) is 6.04 Å². The van der Waals surface area contributed by atoms with E-state index in [-0.39, 0.29) is 6.04 Å². The zero-order valence-electron chi connectivity index (χ0n) is 11.0. The summed E-state index contributed by atoms with van der Waals surface area (Å²) in [6.07, 6.45) is -3.31. The van der Waals surface area contributed by atoms with Crippen molar-refractivity contribution >= 4 is 21.6 Å². The molecule has 1 aliphatic rings. The lowest BCUT2D eigenvalue weighted by Gasteiger charge is -2.12. The van der Waals surface area contributed by atoms with E-state index in [9.17, 15) is 13.2 Å². The highest BCUT2D eigenvalue weighted by molar-refractivity contribution is 9.10. The fourth-order valence-corrected chi connectivity index (χ4v) is 2.92. The number of alkyl halides is 3. The summed E-state index contributed by atoms with van der Waals surface area (Å²) in [5.41, 5.74) is 1.32. The predicted octanol–water partition coefficient (Wildman–Crippen LogP) is 5.44. The number of rotatable bonds is 3. The lowest BCUT2D eigenvalue weighted by molar-refractivity contribution is -0.137. The van der Waals surface area contributed by atoms with E-state index in [1.165, 1.54) is 11.6 Å². The van der Waals surface area contributed by atoms with Gasteiger partial charge in [0.1, 0.15) is 0 Å². The van der Waals surface area contributed by atoms with Crippen LogP contribution in [-0.2, 0) is 6.18 Å². The number of hydrogen-bond acceptors (Lipinski definition) is 1. The zero-order valence-corrected chi connectivity index (χ0v) is 12.6. The van der Waals surface area contributed by atoms with Gasteiger partial charge in [-0.3, -0.25) is 0 Å². The summed E-state index contributed by atoms with van der Waals surface area (Å²) in [7, 11) is 0. The van der Waals surface area contributed by atoms with Crippen molar-refractivity contribution in [2.75, 3.05) is 5.32 Å². The first kappa shape index (κ1) is 14.4. The Balaban J connectivity index is 1.70. The van der Waals surface area contributed by atoms with Crippen LogP contribution in [0, 0.1) is 0 Å². The lowest BCUT2D eigenvalue weighted by atomic mass is 10.1. The first-order valence-corrected chi connectivity index (χ1v) is 7.42. The molecule has 0 spiro atoms. The molecular weight excluding hydrogens is 343 g/mol. The molecule has 2 aromatic rings. The van der Waals surface area contributed by atoms with Gasteiger partial charge in [-0.05, 0) is 46.1 Å². The number of anilines is 1. The van der Waals surface area contributed by atoms with Gasteiger partial charge in [0.05, 0.1) is 5.56 Å². The maximum atomic E-state index is 12.6. The third-order valence-corrected chi connectivity index (χ3v) is 4.31. The Kier molecular flexibility index (Phi) is 3.69. The van der Waals surface area contributed by atoms with Crippen molar-refractivity contribution in [3.05, 3.63) is 64.1 Å². The van der Waals surface area contributed by atoms with Crippen molar-refractivity contribution < 1.29 is 13.2 Å². The molecule has 1 saturated carbocycles. The largest absolute Gasteiger partial charge is 0.416 e. The highest BCUT2D eigenvalue weighted by Gasteiger charge is 2.38. The van der Waals surface area contributed by atoms with E-state index in [0.29, 0.717) is 16.1 Å². The molecule has 21 heavy (non-hydrogen) atoms. The van der Waals surface area contributed by atoms with Gasteiger partial charge in [-0.1, -0.05) is 30.3 Å². The number of benzene rings is 2.